The van der Waals surface area contributed by atoms with Crippen molar-refractivity contribution in [3.05, 3.63) is 42.0 Å². The van der Waals surface area contributed by atoms with E-state index in [1.165, 1.54) is 19.4 Å². The Bertz CT molecular complexity index is 732. The van der Waals surface area contributed by atoms with E-state index < -0.39 is 0 Å². The molecule has 0 amide bonds. The molecule has 0 saturated carbocycles. The van der Waals surface area contributed by atoms with Gasteiger partial charge in [-0.1, -0.05) is 6.07 Å². The smallest absolute Gasteiger partial charge is 0.150 e. The number of hydrogen-bond donors (Lipinski definition) is 1. The predicted molar refractivity (Wildman–Crippen MR) is 102 cm³/mol. The fraction of sp³-hybridized carbons (Fsp3) is 0.550. The number of nitrogens with one attached hydrogen (secondary N) is 1. The number of rotatable bonds is 4. The second-order valence-corrected chi connectivity index (χ2v) is 7.30. The first-order valence-electron chi connectivity index (χ1n) is 9.62. The third-order valence-electron chi connectivity index (χ3n) is 5.38. The molecule has 0 aliphatic carbocycles. The summed E-state index contributed by atoms with van der Waals surface area (Å²) in [4.78, 5) is 16.4. The lowest BCUT2D eigenvalue weighted by Crippen LogP contribution is -2.44. The molecule has 0 bridgehead atoms. The van der Waals surface area contributed by atoms with E-state index in [4.69, 9.17) is 9.72 Å². The molecule has 2 aromatic rings. The van der Waals surface area contributed by atoms with Crippen LogP contribution in [-0.2, 0) is 4.74 Å². The number of ether oxygens (including phenoxy) is 1. The summed E-state index contributed by atoms with van der Waals surface area (Å²) in [6.07, 6.45) is 8.40. The molecule has 1 N–H and O–H groups in total. The Labute approximate surface area is 155 Å². The molecule has 0 aromatic carbocycles. The number of aromatic nitrogens is 3. The Kier molecular flexibility index (Phi) is 5.41. The number of hydrogen-bond acceptors (Lipinski definition) is 6. The normalized spacial score (nSPS) is 22.3. The molecule has 6 nitrogen and oxygen atoms in total. The standard InChI is InChI=1S/C20H27N5O/c1-15-4-2-6-19(22-15)24-20-13-21-12-18(23-20)16-5-3-9-25(14-16)17-7-10-26-11-8-17/h2,4,6,12-13,16-17H,3,5,7-11,14H2,1H3,(H,22,23,24)/t16-/m0/s1. The van der Waals surface area contributed by atoms with Crippen LogP contribution < -0.4 is 5.32 Å². The number of anilines is 2. The number of nitrogens with zero attached hydrogens (tertiary/aromatic N) is 4. The average Bonchev–Trinajstić information content (AvgIpc) is 2.69. The maximum Gasteiger partial charge on any atom is 0.150 e. The van der Waals surface area contributed by atoms with Crippen molar-refractivity contribution in [3.63, 3.8) is 0 Å². The summed E-state index contributed by atoms with van der Waals surface area (Å²) in [5.74, 6) is 2.03. The van der Waals surface area contributed by atoms with Crippen LogP contribution in [-0.4, -0.2) is 52.2 Å². The molecule has 26 heavy (non-hydrogen) atoms. The van der Waals surface area contributed by atoms with Gasteiger partial charge in [0.25, 0.3) is 0 Å². The van der Waals surface area contributed by atoms with Gasteiger partial charge in [-0.2, -0.15) is 0 Å². The predicted octanol–water partition coefficient (Wildman–Crippen LogP) is 3.28. The molecule has 2 aromatic heterocycles. The van der Waals surface area contributed by atoms with E-state index in [9.17, 15) is 0 Å². The minimum Gasteiger partial charge on any atom is -0.381 e. The Hall–Kier alpha value is -2.05. The van der Waals surface area contributed by atoms with Crippen molar-refractivity contribution in [3.8, 4) is 0 Å². The van der Waals surface area contributed by atoms with Gasteiger partial charge in [0.2, 0.25) is 0 Å². The van der Waals surface area contributed by atoms with Gasteiger partial charge in [-0.05, 0) is 51.3 Å². The first kappa shape index (κ1) is 17.4. The van der Waals surface area contributed by atoms with Gasteiger partial charge < -0.3 is 10.1 Å². The van der Waals surface area contributed by atoms with Crippen molar-refractivity contribution in [1.29, 1.82) is 0 Å². The van der Waals surface area contributed by atoms with Crippen LogP contribution in [0.4, 0.5) is 11.6 Å². The molecule has 6 heteroatoms. The number of aryl methyl sites for hydroxylation is 1. The van der Waals surface area contributed by atoms with Crippen molar-refractivity contribution < 1.29 is 4.74 Å². The van der Waals surface area contributed by atoms with Crippen LogP contribution in [0.5, 0.6) is 0 Å². The molecule has 4 heterocycles. The van der Waals surface area contributed by atoms with Gasteiger partial charge in [-0.25, -0.2) is 9.97 Å². The summed E-state index contributed by atoms with van der Waals surface area (Å²) in [5.41, 5.74) is 2.07. The molecular weight excluding hydrogens is 326 g/mol. The molecule has 0 radical (unpaired) electrons. The van der Waals surface area contributed by atoms with E-state index in [1.54, 1.807) is 6.20 Å². The van der Waals surface area contributed by atoms with E-state index in [0.29, 0.717) is 12.0 Å². The Balaban J connectivity index is 1.45. The molecule has 0 unspecified atom stereocenters. The maximum absolute atomic E-state index is 5.52. The molecule has 1 atom stereocenters. The summed E-state index contributed by atoms with van der Waals surface area (Å²) in [5, 5.41) is 3.28. The van der Waals surface area contributed by atoms with Crippen molar-refractivity contribution in [2.45, 2.75) is 44.6 Å². The van der Waals surface area contributed by atoms with E-state index in [2.05, 4.69) is 20.2 Å². The van der Waals surface area contributed by atoms with Gasteiger partial charge in [0.05, 0.1) is 11.9 Å². The van der Waals surface area contributed by atoms with Gasteiger partial charge in [-0.3, -0.25) is 9.88 Å². The van der Waals surface area contributed by atoms with Crippen molar-refractivity contribution in [2.24, 2.45) is 0 Å². The zero-order valence-corrected chi connectivity index (χ0v) is 15.4. The Morgan fingerprint density at radius 1 is 1.08 bits per heavy atom. The molecule has 0 spiro atoms. The van der Waals surface area contributed by atoms with E-state index in [-0.39, 0.29) is 0 Å². The van der Waals surface area contributed by atoms with Crippen LogP contribution >= 0.6 is 0 Å². The van der Waals surface area contributed by atoms with E-state index >= 15 is 0 Å². The Morgan fingerprint density at radius 2 is 1.96 bits per heavy atom. The highest BCUT2D eigenvalue weighted by atomic mass is 16.5. The summed E-state index contributed by atoms with van der Waals surface area (Å²) < 4.78 is 5.52. The van der Waals surface area contributed by atoms with E-state index in [0.717, 1.165) is 55.6 Å². The lowest BCUT2D eigenvalue weighted by Gasteiger charge is -2.39. The fourth-order valence-corrected chi connectivity index (χ4v) is 4.01. The summed E-state index contributed by atoms with van der Waals surface area (Å²) in [6, 6.07) is 6.60. The number of pyridine rings is 1. The van der Waals surface area contributed by atoms with Crippen molar-refractivity contribution in [1.82, 2.24) is 19.9 Å². The third kappa shape index (κ3) is 4.19. The summed E-state index contributed by atoms with van der Waals surface area (Å²) >= 11 is 0. The van der Waals surface area contributed by atoms with Gasteiger partial charge in [0, 0.05) is 43.6 Å². The largest absolute Gasteiger partial charge is 0.381 e. The van der Waals surface area contributed by atoms with Crippen molar-refractivity contribution >= 4 is 11.6 Å². The van der Waals surface area contributed by atoms with Gasteiger partial charge >= 0.3 is 0 Å². The number of likely N-dealkylation sites (tertiary alicyclic amines) is 1. The lowest BCUT2D eigenvalue weighted by molar-refractivity contribution is 0.0237. The molecule has 2 aliphatic heterocycles. The fourth-order valence-electron chi connectivity index (χ4n) is 4.01. The van der Waals surface area contributed by atoms with Gasteiger partial charge in [-0.15, -0.1) is 0 Å². The summed E-state index contributed by atoms with van der Waals surface area (Å²) in [6.45, 7) is 6.05. The molecule has 2 aliphatic rings. The molecule has 138 valence electrons. The second kappa shape index (κ2) is 8.10. The quantitative estimate of drug-likeness (QED) is 0.910. The molecule has 4 rings (SSSR count). The zero-order chi connectivity index (χ0) is 17.8. The molecule has 2 saturated heterocycles. The molecular formula is C20H27N5O. The van der Waals surface area contributed by atoms with Gasteiger partial charge in [0.1, 0.15) is 11.6 Å². The van der Waals surface area contributed by atoms with Crippen LogP contribution in [0.2, 0.25) is 0 Å². The zero-order valence-electron chi connectivity index (χ0n) is 15.4. The van der Waals surface area contributed by atoms with Crippen LogP contribution in [0.15, 0.2) is 30.6 Å². The maximum atomic E-state index is 5.52. The monoisotopic (exact) mass is 353 g/mol. The highest BCUT2D eigenvalue weighted by molar-refractivity contribution is 5.50. The third-order valence-corrected chi connectivity index (χ3v) is 5.38. The van der Waals surface area contributed by atoms with Crippen LogP contribution in [0.25, 0.3) is 0 Å². The van der Waals surface area contributed by atoms with Crippen LogP contribution in [0, 0.1) is 6.92 Å². The summed E-state index contributed by atoms with van der Waals surface area (Å²) in [7, 11) is 0. The molecule has 2 fully saturated rings. The van der Waals surface area contributed by atoms with E-state index in [1.807, 2.05) is 31.3 Å². The highest BCUT2D eigenvalue weighted by Gasteiger charge is 2.28. The first-order valence-corrected chi connectivity index (χ1v) is 9.62. The van der Waals surface area contributed by atoms with Crippen LogP contribution in [0.3, 0.4) is 0 Å². The van der Waals surface area contributed by atoms with Crippen LogP contribution in [0.1, 0.15) is 43.0 Å². The first-order chi connectivity index (χ1) is 12.8. The Morgan fingerprint density at radius 3 is 2.81 bits per heavy atom. The number of piperidine rings is 1. The highest BCUT2D eigenvalue weighted by Crippen LogP contribution is 2.29. The van der Waals surface area contributed by atoms with Crippen molar-refractivity contribution in [2.75, 3.05) is 31.6 Å². The van der Waals surface area contributed by atoms with Gasteiger partial charge in [0.15, 0.2) is 0 Å². The minimum atomic E-state index is 0.450. The minimum absolute atomic E-state index is 0.450. The SMILES string of the molecule is Cc1cccc(Nc2cncc([C@H]3CCCN(C4CCOCC4)C3)n2)n1. The average molecular weight is 353 g/mol. The lowest BCUT2D eigenvalue weighted by atomic mass is 9.92. The second-order valence-electron chi connectivity index (χ2n) is 7.30. The topological polar surface area (TPSA) is 63.2 Å².